The summed E-state index contributed by atoms with van der Waals surface area (Å²) in [5.41, 5.74) is 4.03. The third kappa shape index (κ3) is 4.40. The maximum Gasteiger partial charge on any atom is 0.269 e. The third-order valence-electron chi connectivity index (χ3n) is 5.22. The molecule has 0 spiro atoms. The minimum Gasteiger partial charge on any atom is -0.484 e. The number of aromatic nitrogens is 3. The fourth-order valence-corrected chi connectivity index (χ4v) is 3.64. The van der Waals surface area contributed by atoms with Crippen LogP contribution in [0.3, 0.4) is 0 Å². The van der Waals surface area contributed by atoms with Crippen LogP contribution in [0.15, 0.2) is 48.7 Å². The van der Waals surface area contributed by atoms with E-state index in [1.54, 1.807) is 0 Å². The van der Waals surface area contributed by atoms with Gasteiger partial charge in [-0.1, -0.05) is 11.6 Å². The number of amides is 1. The van der Waals surface area contributed by atoms with Gasteiger partial charge in [0.2, 0.25) is 0 Å². The van der Waals surface area contributed by atoms with Crippen molar-refractivity contribution >= 4 is 28.3 Å². The summed E-state index contributed by atoms with van der Waals surface area (Å²) in [5.74, 6) is 0.411. The summed E-state index contributed by atoms with van der Waals surface area (Å²) in [5, 5.41) is 28.2. The van der Waals surface area contributed by atoms with E-state index in [9.17, 15) is 20.2 Å². The number of hydrogen-bond acceptors (Lipinski definition) is 7. The number of anilines is 1. The average molecular weight is 456 g/mol. The van der Waals surface area contributed by atoms with Crippen molar-refractivity contribution in [1.82, 2.24) is 14.8 Å². The molecule has 1 N–H and O–H groups in total. The second kappa shape index (κ2) is 8.99. The Morgan fingerprint density at radius 2 is 1.91 bits per heavy atom. The van der Waals surface area contributed by atoms with Gasteiger partial charge in [-0.3, -0.25) is 14.9 Å². The first kappa shape index (κ1) is 22.4. The lowest BCUT2D eigenvalue weighted by atomic mass is 10.0. The van der Waals surface area contributed by atoms with E-state index >= 15 is 0 Å². The van der Waals surface area contributed by atoms with Crippen LogP contribution in [0.2, 0.25) is 0 Å². The molecule has 2 aromatic heterocycles. The first-order valence-corrected chi connectivity index (χ1v) is 10.3. The molecular weight excluding hydrogens is 436 g/mol. The summed E-state index contributed by atoms with van der Waals surface area (Å²) < 4.78 is 6.82. The molecule has 2 aromatic carbocycles. The lowest BCUT2D eigenvalue weighted by molar-refractivity contribution is -0.384. The minimum absolute atomic E-state index is 0.0806. The fraction of sp³-hybridized carbons (Fsp3) is 0.167. The van der Waals surface area contributed by atoms with Gasteiger partial charge in [-0.25, -0.2) is 4.98 Å². The second-order valence-corrected chi connectivity index (χ2v) is 7.79. The molecule has 0 bridgehead atoms. The largest absolute Gasteiger partial charge is 0.484 e. The molecule has 0 atom stereocenters. The van der Waals surface area contributed by atoms with Gasteiger partial charge >= 0.3 is 0 Å². The average Bonchev–Trinajstić information content (AvgIpc) is 3.21. The van der Waals surface area contributed by atoms with Crippen LogP contribution >= 0.6 is 0 Å². The van der Waals surface area contributed by atoms with Crippen molar-refractivity contribution < 1.29 is 14.5 Å². The molecule has 4 aromatic rings. The van der Waals surface area contributed by atoms with Crippen LogP contribution in [0.25, 0.3) is 16.7 Å². The number of nitro benzene ring substituents is 1. The third-order valence-corrected chi connectivity index (χ3v) is 5.22. The summed E-state index contributed by atoms with van der Waals surface area (Å²) in [6.07, 6.45) is 1.36. The number of carbonyl (C=O) groups excluding carboxylic acids is 1. The molecule has 0 saturated heterocycles. The van der Waals surface area contributed by atoms with Crippen LogP contribution in [0.1, 0.15) is 22.3 Å². The minimum atomic E-state index is -0.527. The highest BCUT2D eigenvalue weighted by molar-refractivity contribution is 5.93. The Morgan fingerprint density at radius 1 is 1.18 bits per heavy atom. The molecule has 34 heavy (non-hydrogen) atoms. The van der Waals surface area contributed by atoms with E-state index < -0.39 is 10.8 Å². The molecule has 0 radical (unpaired) electrons. The van der Waals surface area contributed by atoms with Gasteiger partial charge < -0.3 is 10.1 Å². The SMILES string of the molecule is Cc1cc(C)c2nc(-n3ncc(C#N)c3NC(=O)COc3ccc([N+](=O)[O-])cc3)cc(C)c2c1. The number of rotatable bonds is 6. The number of nitro groups is 1. The van der Waals surface area contributed by atoms with Gasteiger partial charge in [0.1, 0.15) is 17.4 Å². The first-order chi connectivity index (χ1) is 16.3. The zero-order valence-electron chi connectivity index (χ0n) is 18.7. The highest BCUT2D eigenvalue weighted by atomic mass is 16.6. The number of fused-ring (bicyclic) bond motifs is 1. The molecule has 0 fully saturated rings. The molecule has 1 amide bonds. The second-order valence-electron chi connectivity index (χ2n) is 7.79. The first-order valence-electron chi connectivity index (χ1n) is 10.3. The molecule has 10 heteroatoms. The van der Waals surface area contributed by atoms with E-state index in [0.29, 0.717) is 11.6 Å². The Labute approximate surface area is 194 Å². The van der Waals surface area contributed by atoms with E-state index in [1.165, 1.54) is 35.1 Å². The van der Waals surface area contributed by atoms with Gasteiger partial charge in [-0.05, 0) is 56.2 Å². The number of nitriles is 1. The number of benzene rings is 2. The Balaban J connectivity index is 1.59. The summed E-state index contributed by atoms with van der Waals surface area (Å²) in [4.78, 5) is 27.5. The number of carbonyl (C=O) groups is 1. The summed E-state index contributed by atoms with van der Waals surface area (Å²) in [6, 6.07) is 13.4. The van der Waals surface area contributed by atoms with Gasteiger partial charge in [-0.15, -0.1) is 0 Å². The highest BCUT2D eigenvalue weighted by Crippen LogP contribution is 2.26. The predicted molar refractivity (Wildman–Crippen MR) is 125 cm³/mol. The van der Waals surface area contributed by atoms with Crippen LogP contribution in [-0.2, 0) is 4.79 Å². The van der Waals surface area contributed by atoms with Crippen LogP contribution in [0, 0.1) is 42.2 Å². The van der Waals surface area contributed by atoms with Crippen molar-refractivity contribution in [3.05, 3.63) is 81.0 Å². The van der Waals surface area contributed by atoms with Gasteiger partial charge in [0.25, 0.3) is 11.6 Å². The van der Waals surface area contributed by atoms with Gasteiger partial charge in [0.05, 0.1) is 16.6 Å². The fourth-order valence-electron chi connectivity index (χ4n) is 3.64. The number of nitrogens with zero attached hydrogens (tertiary/aromatic N) is 5. The summed E-state index contributed by atoms with van der Waals surface area (Å²) in [6.45, 7) is 5.61. The number of non-ortho nitro benzene ring substituents is 1. The van der Waals surface area contributed by atoms with E-state index in [1.807, 2.05) is 39.0 Å². The van der Waals surface area contributed by atoms with Crippen LogP contribution in [0.5, 0.6) is 5.75 Å². The molecular formula is C24H20N6O4. The lowest BCUT2D eigenvalue weighted by Crippen LogP contribution is -2.22. The zero-order valence-corrected chi connectivity index (χ0v) is 18.7. The van der Waals surface area contributed by atoms with Gasteiger partial charge in [-0.2, -0.15) is 15.0 Å². The standard InChI is InChI=1S/C24H20N6O4/c1-14-8-16(3)23-20(9-14)15(2)10-21(27-23)29-24(17(11-25)12-26-29)28-22(31)13-34-19-6-4-18(5-7-19)30(32)33/h4-10,12H,13H2,1-3H3,(H,28,31). The molecule has 0 aliphatic carbocycles. The molecule has 2 heterocycles. The number of ether oxygens (including phenoxy) is 1. The summed E-state index contributed by atoms with van der Waals surface area (Å²) >= 11 is 0. The maximum atomic E-state index is 12.6. The smallest absolute Gasteiger partial charge is 0.269 e. The molecule has 4 rings (SSSR count). The summed E-state index contributed by atoms with van der Waals surface area (Å²) in [7, 11) is 0. The monoisotopic (exact) mass is 456 g/mol. The molecule has 0 aliphatic rings. The number of hydrogen-bond donors (Lipinski definition) is 1. The number of pyridine rings is 1. The molecule has 10 nitrogen and oxygen atoms in total. The van der Waals surface area contributed by atoms with Crippen LogP contribution < -0.4 is 10.1 Å². The normalized spacial score (nSPS) is 10.6. The van der Waals surface area contributed by atoms with Gasteiger partial charge in [0.15, 0.2) is 18.2 Å². The van der Waals surface area contributed by atoms with Crippen molar-refractivity contribution in [2.45, 2.75) is 20.8 Å². The Bertz CT molecular complexity index is 1470. The van der Waals surface area contributed by atoms with E-state index in [0.717, 1.165) is 27.6 Å². The Kier molecular flexibility index (Phi) is 5.93. The Morgan fingerprint density at radius 3 is 2.59 bits per heavy atom. The van der Waals surface area contributed by atoms with Gasteiger partial charge in [0, 0.05) is 17.5 Å². The van der Waals surface area contributed by atoms with E-state index in [2.05, 4.69) is 16.5 Å². The molecule has 0 unspecified atom stereocenters. The Hall–Kier alpha value is -4.78. The highest BCUT2D eigenvalue weighted by Gasteiger charge is 2.18. The predicted octanol–water partition coefficient (Wildman–Crippen LogP) is 4.14. The quantitative estimate of drug-likeness (QED) is 0.340. The topological polar surface area (TPSA) is 136 Å². The van der Waals surface area contributed by atoms with E-state index in [4.69, 9.17) is 9.72 Å². The van der Waals surface area contributed by atoms with E-state index in [-0.39, 0.29) is 23.7 Å². The van der Waals surface area contributed by atoms with Crippen molar-refractivity contribution in [2.24, 2.45) is 0 Å². The van der Waals surface area contributed by atoms with Crippen molar-refractivity contribution in [3.63, 3.8) is 0 Å². The molecule has 0 aliphatic heterocycles. The maximum absolute atomic E-state index is 12.6. The van der Waals surface area contributed by atoms with Crippen molar-refractivity contribution in [2.75, 3.05) is 11.9 Å². The lowest BCUT2D eigenvalue weighted by Gasteiger charge is -2.13. The number of nitrogens with one attached hydrogen (secondary N) is 1. The van der Waals surface area contributed by atoms with Crippen molar-refractivity contribution in [3.8, 4) is 17.6 Å². The van der Waals surface area contributed by atoms with Crippen LogP contribution in [-0.4, -0.2) is 32.2 Å². The zero-order chi connectivity index (χ0) is 24.4. The number of aryl methyl sites for hydroxylation is 3. The van der Waals surface area contributed by atoms with Crippen LogP contribution in [0.4, 0.5) is 11.5 Å². The van der Waals surface area contributed by atoms with Crippen molar-refractivity contribution in [1.29, 1.82) is 5.26 Å². The molecule has 170 valence electrons. The molecule has 0 saturated carbocycles.